The summed E-state index contributed by atoms with van der Waals surface area (Å²) in [5.41, 5.74) is 4.42. The molecule has 1 N–H and O–H groups in total. The number of rotatable bonds is 7. The van der Waals surface area contributed by atoms with E-state index in [-0.39, 0.29) is 6.61 Å². The average Bonchev–Trinajstić information content (AvgIpc) is 2.83. The number of allylic oxidation sites excluding steroid dienone is 1. The van der Waals surface area contributed by atoms with Gasteiger partial charge in [0, 0.05) is 43.4 Å². The van der Waals surface area contributed by atoms with Crippen molar-refractivity contribution in [3.8, 4) is 0 Å². The third kappa shape index (κ3) is 6.35. The predicted molar refractivity (Wildman–Crippen MR) is 132 cm³/mol. The number of piperazine rings is 1. The van der Waals surface area contributed by atoms with Crippen molar-refractivity contribution in [3.63, 3.8) is 0 Å². The molecule has 2 aromatic carbocycles. The molecule has 1 atom stereocenters. The number of halogens is 1. The molecular weight excluding hydrogens is 422 g/mol. The first-order chi connectivity index (χ1) is 15.7. The summed E-state index contributed by atoms with van der Waals surface area (Å²) in [6.45, 7) is 4.63. The molecule has 0 aromatic heterocycles. The van der Waals surface area contributed by atoms with Gasteiger partial charge in [0.25, 0.3) is 0 Å². The molecule has 1 saturated carbocycles. The van der Waals surface area contributed by atoms with E-state index in [2.05, 4.69) is 45.3 Å². The number of para-hydroxylation sites is 1. The van der Waals surface area contributed by atoms with Gasteiger partial charge in [0.1, 0.15) is 12.7 Å². The number of anilines is 1. The molecule has 1 unspecified atom stereocenters. The van der Waals surface area contributed by atoms with Crippen LogP contribution in [0.15, 0.2) is 65.3 Å². The SMILES string of the molecule is OC(CO/N=C1\CCCC\C1=C\c1ccccc1Cl)CN1CCN(c2ccccc2)CC1. The molecule has 0 bridgehead atoms. The van der Waals surface area contributed by atoms with E-state index in [0.717, 1.165) is 68.2 Å². The Morgan fingerprint density at radius 2 is 1.69 bits per heavy atom. The maximum Gasteiger partial charge on any atom is 0.144 e. The Bertz CT molecular complexity index is 924. The summed E-state index contributed by atoms with van der Waals surface area (Å²) in [5.74, 6) is 0. The van der Waals surface area contributed by atoms with E-state index in [0.29, 0.717) is 6.54 Å². The Hall–Kier alpha value is -2.34. The van der Waals surface area contributed by atoms with Crippen molar-refractivity contribution in [2.24, 2.45) is 5.16 Å². The Morgan fingerprint density at radius 3 is 2.47 bits per heavy atom. The van der Waals surface area contributed by atoms with E-state index in [4.69, 9.17) is 16.4 Å². The fraction of sp³-hybridized carbons (Fsp3) is 0.423. The highest BCUT2D eigenvalue weighted by Crippen LogP contribution is 2.26. The van der Waals surface area contributed by atoms with E-state index in [9.17, 15) is 5.11 Å². The van der Waals surface area contributed by atoms with Crippen LogP contribution in [-0.2, 0) is 4.84 Å². The van der Waals surface area contributed by atoms with Crippen molar-refractivity contribution in [1.82, 2.24) is 4.90 Å². The Balaban J connectivity index is 1.25. The van der Waals surface area contributed by atoms with Gasteiger partial charge >= 0.3 is 0 Å². The molecule has 2 fully saturated rings. The van der Waals surface area contributed by atoms with Gasteiger partial charge in [-0.15, -0.1) is 0 Å². The van der Waals surface area contributed by atoms with Crippen molar-refractivity contribution in [2.75, 3.05) is 44.2 Å². The number of β-amino-alcohol motifs (C(OH)–C–C–N with tert-alkyl or cyclic N) is 1. The summed E-state index contributed by atoms with van der Waals surface area (Å²) >= 11 is 6.32. The summed E-state index contributed by atoms with van der Waals surface area (Å²) < 4.78 is 0. The maximum atomic E-state index is 10.5. The van der Waals surface area contributed by atoms with Gasteiger partial charge in [-0.25, -0.2) is 0 Å². The second kappa shape index (κ2) is 11.5. The van der Waals surface area contributed by atoms with Gasteiger partial charge < -0.3 is 14.8 Å². The number of aliphatic hydroxyl groups excluding tert-OH is 1. The second-order valence-electron chi connectivity index (χ2n) is 8.51. The lowest BCUT2D eigenvalue weighted by Gasteiger charge is -2.36. The van der Waals surface area contributed by atoms with Crippen LogP contribution < -0.4 is 4.90 Å². The van der Waals surface area contributed by atoms with E-state index < -0.39 is 6.10 Å². The van der Waals surface area contributed by atoms with E-state index in [1.807, 2.05) is 30.3 Å². The molecule has 6 heteroatoms. The number of hydrogen-bond donors (Lipinski definition) is 1. The molecular formula is C26H32ClN3O2. The summed E-state index contributed by atoms with van der Waals surface area (Å²) in [6, 6.07) is 18.3. The molecule has 0 radical (unpaired) electrons. The Morgan fingerprint density at radius 1 is 0.969 bits per heavy atom. The van der Waals surface area contributed by atoms with Gasteiger partial charge in [0.2, 0.25) is 0 Å². The van der Waals surface area contributed by atoms with Crippen molar-refractivity contribution in [3.05, 3.63) is 70.8 Å². The first kappa shape index (κ1) is 22.8. The zero-order valence-corrected chi connectivity index (χ0v) is 19.3. The summed E-state index contributed by atoms with van der Waals surface area (Å²) in [7, 11) is 0. The summed E-state index contributed by atoms with van der Waals surface area (Å²) in [4.78, 5) is 10.3. The van der Waals surface area contributed by atoms with Gasteiger partial charge in [0.15, 0.2) is 0 Å². The monoisotopic (exact) mass is 453 g/mol. The highest BCUT2D eigenvalue weighted by Gasteiger charge is 2.20. The van der Waals surface area contributed by atoms with Crippen LogP contribution in [0.1, 0.15) is 31.2 Å². The van der Waals surface area contributed by atoms with E-state index >= 15 is 0 Å². The van der Waals surface area contributed by atoms with Gasteiger partial charge in [-0.2, -0.15) is 0 Å². The summed E-state index contributed by atoms with van der Waals surface area (Å²) in [5, 5.41) is 15.6. The first-order valence-electron chi connectivity index (χ1n) is 11.5. The standard InChI is InChI=1S/C26H32ClN3O2/c27-25-12-6-4-8-21(25)18-22-9-5-7-13-26(22)28-32-20-24(31)19-29-14-16-30(17-15-29)23-10-2-1-3-11-23/h1-4,6,8,10-12,18,24,31H,5,7,9,13-17,19-20H2/b22-18-,28-26+. The van der Waals surface area contributed by atoms with E-state index in [1.165, 1.54) is 11.3 Å². The van der Waals surface area contributed by atoms with Gasteiger partial charge in [-0.3, -0.25) is 4.90 Å². The molecule has 2 aliphatic rings. The molecule has 32 heavy (non-hydrogen) atoms. The quantitative estimate of drug-likeness (QED) is 0.608. The van der Waals surface area contributed by atoms with Crippen LogP contribution in [0.5, 0.6) is 0 Å². The van der Waals surface area contributed by atoms with Gasteiger partial charge in [-0.05, 0) is 61.1 Å². The second-order valence-corrected chi connectivity index (χ2v) is 8.92. The normalized spacial score (nSPS) is 21.1. The lowest BCUT2D eigenvalue weighted by Crippen LogP contribution is -2.49. The highest BCUT2D eigenvalue weighted by atomic mass is 35.5. The number of benzene rings is 2. The Kier molecular flexibility index (Phi) is 8.21. The number of oxime groups is 1. The van der Waals surface area contributed by atoms with Crippen LogP contribution in [-0.4, -0.2) is 61.2 Å². The third-order valence-corrected chi connectivity index (χ3v) is 6.46. The maximum absolute atomic E-state index is 10.5. The molecule has 0 spiro atoms. The number of hydrogen-bond acceptors (Lipinski definition) is 5. The fourth-order valence-corrected chi connectivity index (χ4v) is 4.52. The Labute approximate surface area is 195 Å². The lowest BCUT2D eigenvalue weighted by atomic mass is 9.91. The minimum absolute atomic E-state index is 0.210. The molecule has 0 amide bonds. The fourth-order valence-electron chi connectivity index (χ4n) is 4.33. The zero-order valence-electron chi connectivity index (χ0n) is 18.5. The van der Waals surface area contributed by atoms with Crippen LogP contribution in [0, 0.1) is 0 Å². The molecule has 1 heterocycles. The largest absolute Gasteiger partial charge is 0.393 e. The van der Waals surface area contributed by atoms with Crippen molar-refractivity contribution in [1.29, 1.82) is 0 Å². The van der Waals surface area contributed by atoms with Crippen LogP contribution >= 0.6 is 11.6 Å². The summed E-state index contributed by atoms with van der Waals surface area (Å²) in [6.07, 6.45) is 5.69. The highest BCUT2D eigenvalue weighted by molar-refractivity contribution is 6.32. The molecule has 5 nitrogen and oxygen atoms in total. The van der Waals surface area contributed by atoms with E-state index in [1.54, 1.807) is 0 Å². The van der Waals surface area contributed by atoms with Crippen molar-refractivity contribution < 1.29 is 9.94 Å². The average molecular weight is 454 g/mol. The molecule has 1 aliphatic carbocycles. The van der Waals surface area contributed by atoms with Crippen LogP contribution in [0.4, 0.5) is 5.69 Å². The van der Waals surface area contributed by atoms with Crippen LogP contribution in [0.2, 0.25) is 5.02 Å². The van der Waals surface area contributed by atoms with Crippen LogP contribution in [0.3, 0.4) is 0 Å². The molecule has 1 aliphatic heterocycles. The predicted octanol–water partition coefficient (Wildman–Crippen LogP) is 4.85. The smallest absolute Gasteiger partial charge is 0.144 e. The van der Waals surface area contributed by atoms with Crippen molar-refractivity contribution >= 4 is 29.1 Å². The molecule has 4 rings (SSSR count). The molecule has 1 saturated heterocycles. The van der Waals surface area contributed by atoms with Crippen LogP contribution in [0.25, 0.3) is 6.08 Å². The number of nitrogens with zero attached hydrogens (tertiary/aromatic N) is 3. The minimum atomic E-state index is -0.554. The topological polar surface area (TPSA) is 48.3 Å². The zero-order chi connectivity index (χ0) is 22.2. The third-order valence-electron chi connectivity index (χ3n) is 6.12. The minimum Gasteiger partial charge on any atom is -0.393 e. The van der Waals surface area contributed by atoms with Crippen molar-refractivity contribution in [2.45, 2.75) is 31.8 Å². The van der Waals surface area contributed by atoms with Gasteiger partial charge in [0.05, 0.1) is 5.71 Å². The lowest BCUT2D eigenvalue weighted by molar-refractivity contribution is 0.0179. The number of aliphatic hydroxyl groups is 1. The molecule has 170 valence electrons. The first-order valence-corrected chi connectivity index (χ1v) is 11.9. The van der Waals surface area contributed by atoms with Gasteiger partial charge in [-0.1, -0.05) is 53.2 Å². The molecule has 2 aromatic rings.